The van der Waals surface area contributed by atoms with Gasteiger partial charge < -0.3 is 9.53 Å². The van der Waals surface area contributed by atoms with Gasteiger partial charge in [-0.1, -0.05) is 52.3 Å². The lowest BCUT2D eigenvalue weighted by Crippen LogP contribution is -2.31. The molecular weight excluding hydrogens is 463 g/mol. The minimum absolute atomic E-state index is 0.0816. The molecule has 3 aromatic carbocycles. The second kappa shape index (κ2) is 7.74. The van der Waals surface area contributed by atoms with E-state index in [-0.39, 0.29) is 30.0 Å². The third kappa shape index (κ3) is 3.85. The quantitative estimate of drug-likeness (QED) is 0.569. The molecule has 0 bridgehead atoms. The van der Waals surface area contributed by atoms with E-state index < -0.39 is 22.1 Å². The number of carbonyl (C=O) groups excluding carboxylic acids is 1. The molecule has 0 aliphatic carbocycles. The molecule has 29 heavy (non-hydrogen) atoms. The number of halogens is 2. The standard InChI is InChI=1S/C20H16BrFN2O4S/c21-15-7-6-14-8-18(28-12-13-4-2-1-3-5-13)20(19(22)17(14)9-15)24-10-16(11-25)23-29(24,26)27/h1-9,11,16,23H,10,12H2. The number of rotatable bonds is 5. The number of ether oxygens (including phenoxy) is 1. The van der Waals surface area contributed by atoms with Crippen molar-refractivity contribution in [1.82, 2.24) is 4.72 Å². The molecular formula is C20H16BrFN2O4S. The molecule has 6 nitrogen and oxygen atoms in total. The second-order valence-corrected chi connectivity index (χ2v) is 9.12. The average Bonchev–Trinajstić information content (AvgIpc) is 3.02. The highest BCUT2D eigenvalue weighted by Gasteiger charge is 2.39. The van der Waals surface area contributed by atoms with Crippen LogP contribution in [0.15, 0.2) is 59.1 Å². The Balaban J connectivity index is 1.85. The van der Waals surface area contributed by atoms with Crippen LogP contribution >= 0.6 is 15.9 Å². The van der Waals surface area contributed by atoms with Gasteiger partial charge in [0, 0.05) is 9.86 Å². The van der Waals surface area contributed by atoms with Gasteiger partial charge in [-0.25, -0.2) is 8.70 Å². The number of fused-ring (bicyclic) bond motifs is 1. The van der Waals surface area contributed by atoms with Gasteiger partial charge >= 0.3 is 10.2 Å². The van der Waals surface area contributed by atoms with Crippen LogP contribution in [-0.2, 0) is 21.6 Å². The predicted octanol–water partition coefficient (Wildman–Crippen LogP) is 3.54. The maximum absolute atomic E-state index is 15.5. The summed E-state index contributed by atoms with van der Waals surface area (Å²) in [5.74, 6) is -0.651. The van der Waals surface area contributed by atoms with Crippen LogP contribution in [0.2, 0.25) is 0 Å². The Morgan fingerprint density at radius 2 is 1.97 bits per heavy atom. The number of carbonyl (C=O) groups is 1. The van der Waals surface area contributed by atoms with E-state index in [0.717, 1.165) is 9.87 Å². The van der Waals surface area contributed by atoms with Gasteiger partial charge in [0.2, 0.25) is 0 Å². The Morgan fingerprint density at radius 3 is 2.66 bits per heavy atom. The molecule has 1 saturated heterocycles. The van der Waals surface area contributed by atoms with Crippen molar-refractivity contribution in [3.63, 3.8) is 0 Å². The van der Waals surface area contributed by atoms with Gasteiger partial charge in [-0.3, -0.25) is 0 Å². The fraction of sp³-hybridized carbons (Fsp3) is 0.150. The van der Waals surface area contributed by atoms with Crippen molar-refractivity contribution in [2.75, 3.05) is 10.8 Å². The first-order chi connectivity index (χ1) is 13.9. The number of nitrogens with zero attached hydrogens (tertiary/aromatic N) is 1. The maximum atomic E-state index is 15.5. The zero-order valence-corrected chi connectivity index (χ0v) is 17.4. The number of hydrogen-bond donors (Lipinski definition) is 1. The van der Waals surface area contributed by atoms with Crippen molar-refractivity contribution in [3.05, 3.63) is 70.5 Å². The molecule has 0 aromatic heterocycles. The van der Waals surface area contributed by atoms with E-state index in [1.807, 2.05) is 30.3 Å². The summed E-state index contributed by atoms with van der Waals surface area (Å²) < 4.78 is 50.2. The molecule has 1 unspecified atom stereocenters. The summed E-state index contributed by atoms with van der Waals surface area (Å²) in [7, 11) is -4.09. The minimum atomic E-state index is -4.09. The van der Waals surface area contributed by atoms with Crippen molar-refractivity contribution in [3.8, 4) is 5.75 Å². The van der Waals surface area contributed by atoms with Gasteiger partial charge in [0.25, 0.3) is 0 Å². The van der Waals surface area contributed by atoms with Crippen molar-refractivity contribution < 1.29 is 22.3 Å². The van der Waals surface area contributed by atoms with Gasteiger partial charge in [0.15, 0.2) is 5.82 Å². The van der Waals surface area contributed by atoms with Gasteiger partial charge in [-0.2, -0.15) is 13.1 Å². The lowest BCUT2D eigenvalue weighted by atomic mass is 10.1. The third-order valence-corrected chi connectivity index (χ3v) is 6.59. The lowest BCUT2D eigenvalue weighted by molar-refractivity contribution is -0.108. The van der Waals surface area contributed by atoms with Crippen molar-refractivity contribution in [1.29, 1.82) is 0 Å². The molecule has 1 aliphatic rings. The fourth-order valence-corrected chi connectivity index (χ4v) is 4.99. The van der Waals surface area contributed by atoms with E-state index in [4.69, 9.17) is 4.74 Å². The zero-order chi connectivity index (χ0) is 20.6. The SMILES string of the molecule is O=CC1CN(c2c(OCc3ccccc3)cc3ccc(Br)cc3c2F)S(=O)(=O)N1. The highest BCUT2D eigenvalue weighted by molar-refractivity contribution is 9.10. The average molecular weight is 479 g/mol. The first-order valence-corrected chi connectivity index (χ1v) is 11.0. The number of hydrogen-bond acceptors (Lipinski definition) is 4. The Morgan fingerprint density at radius 1 is 1.21 bits per heavy atom. The van der Waals surface area contributed by atoms with Crippen LogP contribution in [0.5, 0.6) is 5.75 Å². The monoisotopic (exact) mass is 478 g/mol. The Hall–Kier alpha value is -2.49. The van der Waals surface area contributed by atoms with Crippen LogP contribution in [0, 0.1) is 5.82 Å². The molecule has 1 aliphatic heterocycles. The van der Waals surface area contributed by atoms with Crippen LogP contribution in [0.1, 0.15) is 5.56 Å². The van der Waals surface area contributed by atoms with Crippen molar-refractivity contribution in [2.45, 2.75) is 12.6 Å². The summed E-state index contributed by atoms with van der Waals surface area (Å²) in [6.07, 6.45) is 0.484. The van der Waals surface area contributed by atoms with E-state index in [2.05, 4.69) is 20.7 Å². The molecule has 1 heterocycles. The number of nitrogens with one attached hydrogen (secondary N) is 1. The summed E-state index contributed by atoms with van der Waals surface area (Å²) in [5, 5.41) is 0.806. The molecule has 0 amide bonds. The molecule has 150 valence electrons. The first kappa shape index (κ1) is 19.8. The molecule has 0 spiro atoms. The van der Waals surface area contributed by atoms with Crippen LogP contribution in [0.25, 0.3) is 10.8 Å². The number of aldehydes is 1. The van der Waals surface area contributed by atoms with Crippen LogP contribution in [0.4, 0.5) is 10.1 Å². The number of anilines is 1. The Kier molecular flexibility index (Phi) is 5.28. The fourth-order valence-electron chi connectivity index (χ4n) is 3.22. The first-order valence-electron chi connectivity index (χ1n) is 8.73. The minimum Gasteiger partial charge on any atom is -0.487 e. The van der Waals surface area contributed by atoms with Crippen LogP contribution in [0.3, 0.4) is 0 Å². The smallest absolute Gasteiger partial charge is 0.302 e. The largest absolute Gasteiger partial charge is 0.487 e. The highest BCUT2D eigenvalue weighted by atomic mass is 79.9. The van der Waals surface area contributed by atoms with Gasteiger partial charge in [0.05, 0.1) is 12.6 Å². The molecule has 0 saturated carbocycles. The lowest BCUT2D eigenvalue weighted by Gasteiger charge is -2.22. The topological polar surface area (TPSA) is 75.7 Å². The van der Waals surface area contributed by atoms with Gasteiger partial charge in [0.1, 0.15) is 24.3 Å². The molecule has 0 radical (unpaired) electrons. The van der Waals surface area contributed by atoms with Crippen LogP contribution in [-0.4, -0.2) is 27.3 Å². The molecule has 1 atom stereocenters. The summed E-state index contributed by atoms with van der Waals surface area (Å²) in [6.45, 7) is -0.0856. The van der Waals surface area contributed by atoms with Gasteiger partial charge in [-0.15, -0.1) is 0 Å². The highest BCUT2D eigenvalue weighted by Crippen LogP contribution is 2.40. The summed E-state index contributed by atoms with van der Waals surface area (Å²) in [6, 6.07) is 15.0. The van der Waals surface area contributed by atoms with Crippen molar-refractivity contribution >= 4 is 48.9 Å². The maximum Gasteiger partial charge on any atom is 0.302 e. The zero-order valence-electron chi connectivity index (χ0n) is 15.0. The summed E-state index contributed by atoms with van der Waals surface area (Å²) >= 11 is 3.31. The van der Waals surface area contributed by atoms with Gasteiger partial charge in [-0.05, 0) is 29.1 Å². The molecule has 1 fully saturated rings. The van der Waals surface area contributed by atoms with E-state index in [9.17, 15) is 13.2 Å². The van der Waals surface area contributed by atoms with Crippen LogP contribution < -0.4 is 13.8 Å². The second-order valence-electron chi connectivity index (χ2n) is 6.57. The normalized spacial score (nSPS) is 18.1. The Labute approximate surface area is 175 Å². The summed E-state index contributed by atoms with van der Waals surface area (Å²) in [4.78, 5) is 11.1. The molecule has 9 heteroatoms. The molecule has 3 aromatic rings. The molecule has 1 N–H and O–H groups in total. The van der Waals surface area contributed by atoms with E-state index in [1.165, 1.54) is 0 Å². The predicted molar refractivity (Wildman–Crippen MR) is 112 cm³/mol. The number of benzene rings is 3. The Bertz CT molecular complexity index is 1190. The summed E-state index contributed by atoms with van der Waals surface area (Å²) in [5.41, 5.74) is 0.631. The van der Waals surface area contributed by atoms with E-state index in [0.29, 0.717) is 16.1 Å². The third-order valence-electron chi connectivity index (χ3n) is 4.58. The molecule has 4 rings (SSSR count). The van der Waals surface area contributed by atoms with E-state index >= 15 is 4.39 Å². The van der Waals surface area contributed by atoms with Crippen molar-refractivity contribution in [2.24, 2.45) is 0 Å². The van der Waals surface area contributed by atoms with E-state index in [1.54, 1.807) is 24.3 Å².